The van der Waals surface area contributed by atoms with Crippen LogP contribution in [0.4, 0.5) is 0 Å². The van der Waals surface area contributed by atoms with Gasteiger partial charge in [-0.05, 0) is 18.4 Å². The average Bonchev–Trinajstić information content (AvgIpc) is 2.96. The topological polar surface area (TPSA) is 64.2 Å². The molecule has 2 heterocycles. The SMILES string of the molecule is CCCC(N)C(=O)N1CCC(c2cnn(C)c2)C1. The monoisotopic (exact) mass is 250 g/mol. The third kappa shape index (κ3) is 2.72. The van der Waals surface area contributed by atoms with Gasteiger partial charge in [0.15, 0.2) is 0 Å². The van der Waals surface area contributed by atoms with Crippen LogP contribution in [0.1, 0.15) is 37.7 Å². The highest BCUT2D eigenvalue weighted by molar-refractivity contribution is 5.82. The molecule has 0 spiro atoms. The highest BCUT2D eigenvalue weighted by atomic mass is 16.2. The first kappa shape index (κ1) is 13.1. The number of rotatable bonds is 4. The smallest absolute Gasteiger partial charge is 0.239 e. The van der Waals surface area contributed by atoms with Crippen LogP contribution in [0.15, 0.2) is 12.4 Å². The van der Waals surface area contributed by atoms with E-state index in [1.54, 1.807) is 0 Å². The molecule has 2 atom stereocenters. The Bertz CT molecular complexity index is 415. The van der Waals surface area contributed by atoms with Crippen LogP contribution in [0.5, 0.6) is 0 Å². The number of likely N-dealkylation sites (tertiary alicyclic amines) is 1. The van der Waals surface area contributed by atoms with Gasteiger partial charge in [0.25, 0.3) is 0 Å². The van der Waals surface area contributed by atoms with Crippen molar-refractivity contribution < 1.29 is 4.79 Å². The lowest BCUT2D eigenvalue weighted by Gasteiger charge is -2.20. The van der Waals surface area contributed by atoms with E-state index in [0.29, 0.717) is 5.92 Å². The minimum Gasteiger partial charge on any atom is -0.341 e. The van der Waals surface area contributed by atoms with Crippen molar-refractivity contribution in [3.8, 4) is 0 Å². The number of carbonyl (C=O) groups is 1. The molecule has 0 saturated carbocycles. The van der Waals surface area contributed by atoms with Crippen LogP contribution in [0, 0.1) is 0 Å². The molecule has 0 radical (unpaired) electrons. The third-order valence-electron chi connectivity index (χ3n) is 3.61. The van der Waals surface area contributed by atoms with Crippen LogP contribution in [-0.4, -0.2) is 39.7 Å². The van der Waals surface area contributed by atoms with E-state index in [4.69, 9.17) is 5.73 Å². The Hall–Kier alpha value is -1.36. The Labute approximate surface area is 108 Å². The van der Waals surface area contributed by atoms with Crippen molar-refractivity contribution in [2.75, 3.05) is 13.1 Å². The first-order valence-electron chi connectivity index (χ1n) is 6.64. The number of aromatic nitrogens is 2. The maximum atomic E-state index is 12.1. The zero-order valence-corrected chi connectivity index (χ0v) is 11.2. The van der Waals surface area contributed by atoms with E-state index < -0.39 is 0 Å². The molecule has 1 amide bonds. The molecule has 0 aromatic carbocycles. The van der Waals surface area contributed by atoms with Crippen LogP contribution in [-0.2, 0) is 11.8 Å². The Kier molecular flexibility index (Phi) is 4.01. The third-order valence-corrected chi connectivity index (χ3v) is 3.61. The van der Waals surface area contributed by atoms with Crippen molar-refractivity contribution in [1.29, 1.82) is 0 Å². The fourth-order valence-electron chi connectivity index (χ4n) is 2.55. The molecular weight excluding hydrogens is 228 g/mol. The molecule has 2 unspecified atom stereocenters. The maximum Gasteiger partial charge on any atom is 0.239 e. The van der Waals surface area contributed by atoms with E-state index in [9.17, 15) is 4.79 Å². The van der Waals surface area contributed by atoms with Gasteiger partial charge in [0, 0.05) is 32.3 Å². The standard InChI is InChI=1S/C13H22N4O/c1-3-4-12(14)13(18)17-6-5-10(9-17)11-7-15-16(2)8-11/h7-8,10,12H,3-6,9,14H2,1-2H3. The molecule has 1 saturated heterocycles. The molecule has 2 rings (SSSR count). The number of carbonyl (C=O) groups excluding carboxylic acids is 1. The normalized spacial score (nSPS) is 21.3. The zero-order chi connectivity index (χ0) is 13.1. The number of amides is 1. The molecule has 0 bridgehead atoms. The summed E-state index contributed by atoms with van der Waals surface area (Å²) in [6, 6.07) is -0.331. The van der Waals surface area contributed by atoms with Crippen molar-refractivity contribution in [2.24, 2.45) is 12.8 Å². The van der Waals surface area contributed by atoms with Crippen molar-refractivity contribution >= 4 is 5.91 Å². The fraction of sp³-hybridized carbons (Fsp3) is 0.692. The zero-order valence-electron chi connectivity index (χ0n) is 11.2. The quantitative estimate of drug-likeness (QED) is 0.862. The molecule has 100 valence electrons. The summed E-state index contributed by atoms with van der Waals surface area (Å²) in [6.45, 7) is 3.65. The Morgan fingerprint density at radius 3 is 3.06 bits per heavy atom. The lowest BCUT2D eigenvalue weighted by molar-refractivity contribution is -0.131. The Balaban J connectivity index is 1.94. The van der Waals surface area contributed by atoms with Gasteiger partial charge in [0.1, 0.15) is 0 Å². The second-order valence-corrected chi connectivity index (χ2v) is 5.11. The van der Waals surface area contributed by atoms with Crippen molar-refractivity contribution in [1.82, 2.24) is 14.7 Å². The van der Waals surface area contributed by atoms with Crippen LogP contribution in [0.2, 0.25) is 0 Å². The van der Waals surface area contributed by atoms with Gasteiger partial charge in [-0.3, -0.25) is 9.48 Å². The highest BCUT2D eigenvalue weighted by Crippen LogP contribution is 2.27. The van der Waals surface area contributed by atoms with Crippen molar-refractivity contribution in [2.45, 2.75) is 38.1 Å². The van der Waals surface area contributed by atoms with Crippen LogP contribution >= 0.6 is 0 Å². The predicted octanol–water partition coefficient (Wildman–Crippen LogP) is 0.863. The van der Waals surface area contributed by atoms with Crippen LogP contribution in [0.25, 0.3) is 0 Å². The highest BCUT2D eigenvalue weighted by Gasteiger charge is 2.30. The average molecular weight is 250 g/mol. The first-order chi connectivity index (χ1) is 8.61. The van der Waals surface area contributed by atoms with Crippen LogP contribution in [0.3, 0.4) is 0 Å². The summed E-state index contributed by atoms with van der Waals surface area (Å²) in [6.07, 6.45) is 6.66. The van der Waals surface area contributed by atoms with E-state index in [1.807, 2.05) is 29.0 Å². The van der Waals surface area contributed by atoms with Gasteiger partial charge < -0.3 is 10.6 Å². The summed E-state index contributed by atoms with van der Waals surface area (Å²) in [4.78, 5) is 14.0. The van der Waals surface area contributed by atoms with E-state index in [1.165, 1.54) is 5.56 Å². The molecule has 1 aromatic heterocycles. The predicted molar refractivity (Wildman–Crippen MR) is 70.0 cm³/mol. The molecule has 0 aliphatic carbocycles. The van der Waals surface area contributed by atoms with Gasteiger partial charge in [0.2, 0.25) is 5.91 Å². The molecule has 5 nitrogen and oxygen atoms in total. The second kappa shape index (κ2) is 5.52. The molecule has 18 heavy (non-hydrogen) atoms. The number of nitrogens with two attached hydrogens (primary N) is 1. The summed E-state index contributed by atoms with van der Waals surface area (Å²) in [5, 5.41) is 4.18. The Morgan fingerprint density at radius 1 is 1.67 bits per heavy atom. The summed E-state index contributed by atoms with van der Waals surface area (Å²) in [5.41, 5.74) is 7.11. The second-order valence-electron chi connectivity index (χ2n) is 5.11. The molecular formula is C13H22N4O. The van der Waals surface area contributed by atoms with Gasteiger partial charge in [-0.25, -0.2) is 0 Å². The first-order valence-corrected chi connectivity index (χ1v) is 6.64. The molecule has 5 heteroatoms. The number of hydrogen-bond donors (Lipinski definition) is 1. The number of aryl methyl sites for hydroxylation is 1. The van der Waals surface area contributed by atoms with E-state index in [2.05, 4.69) is 12.0 Å². The minimum absolute atomic E-state index is 0.100. The lowest BCUT2D eigenvalue weighted by atomic mass is 10.0. The maximum absolute atomic E-state index is 12.1. The Morgan fingerprint density at radius 2 is 2.44 bits per heavy atom. The summed E-state index contributed by atoms with van der Waals surface area (Å²) in [7, 11) is 1.92. The summed E-state index contributed by atoms with van der Waals surface area (Å²) < 4.78 is 1.81. The minimum atomic E-state index is -0.331. The molecule has 1 aromatic rings. The summed E-state index contributed by atoms with van der Waals surface area (Å²) in [5.74, 6) is 0.514. The van der Waals surface area contributed by atoms with Gasteiger partial charge in [-0.15, -0.1) is 0 Å². The van der Waals surface area contributed by atoms with Gasteiger partial charge in [-0.2, -0.15) is 5.10 Å². The number of nitrogens with zero attached hydrogens (tertiary/aromatic N) is 3. The largest absolute Gasteiger partial charge is 0.341 e. The fourth-order valence-corrected chi connectivity index (χ4v) is 2.55. The number of hydrogen-bond acceptors (Lipinski definition) is 3. The van der Waals surface area contributed by atoms with Crippen molar-refractivity contribution in [3.63, 3.8) is 0 Å². The molecule has 1 fully saturated rings. The van der Waals surface area contributed by atoms with E-state index in [-0.39, 0.29) is 11.9 Å². The van der Waals surface area contributed by atoms with Gasteiger partial charge in [0.05, 0.1) is 12.2 Å². The molecule has 2 N–H and O–H groups in total. The summed E-state index contributed by atoms with van der Waals surface area (Å²) >= 11 is 0. The van der Waals surface area contributed by atoms with Gasteiger partial charge >= 0.3 is 0 Å². The molecule has 1 aliphatic rings. The van der Waals surface area contributed by atoms with Crippen molar-refractivity contribution in [3.05, 3.63) is 18.0 Å². The van der Waals surface area contributed by atoms with Crippen LogP contribution < -0.4 is 5.73 Å². The van der Waals surface area contributed by atoms with Gasteiger partial charge in [-0.1, -0.05) is 13.3 Å². The lowest BCUT2D eigenvalue weighted by Crippen LogP contribution is -2.42. The van der Waals surface area contributed by atoms with E-state index >= 15 is 0 Å². The molecule has 1 aliphatic heterocycles. The van der Waals surface area contributed by atoms with E-state index in [0.717, 1.165) is 32.4 Å².